The summed E-state index contributed by atoms with van der Waals surface area (Å²) in [5.74, 6) is -0.503. The van der Waals surface area contributed by atoms with E-state index in [1.54, 1.807) is 36.9 Å². The number of aryl methyl sites for hydroxylation is 1. The van der Waals surface area contributed by atoms with Gasteiger partial charge in [0.25, 0.3) is 5.91 Å². The highest BCUT2D eigenvalue weighted by Gasteiger charge is 2.27. The number of pyridine rings is 1. The molecule has 0 aliphatic heterocycles. The van der Waals surface area contributed by atoms with Gasteiger partial charge in [0.2, 0.25) is 0 Å². The van der Waals surface area contributed by atoms with Crippen LogP contribution in [0, 0.1) is 0 Å². The molecule has 1 amide bonds. The summed E-state index contributed by atoms with van der Waals surface area (Å²) in [5.41, 5.74) is -0.267. The summed E-state index contributed by atoms with van der Waals surface area (Å²) < 4.78 is 1.63. The second-order valence-electron chi connectivity index (χ2n) is 5.86. The smallest absolute Gasteiger partial charge is 0.257 e. The van der Waals surface area contributed by atoms with Crippen LogP contribution in [0.3, 0.4) is 0 Å². The zero-order chi connectivity index (χ0) is 17.0. The fourth-order valence-corrected chi connectivity index (χ4v) is 2.42. The molecule has 1 aromatic carbocycles. The number of nitrogens with one attached hydrogen (secondary N) is 1. The number of benzene rings is 1. The third kappa shape index (κ3) is 4.43. The van der Waals surface area contributed by atoms with E-state index in [2.05, 4.69) is 5.32 Å². The first kappa shape index (κ1) is 17.2. The quantitative estimate of drug-likeness (QED) is 0.875. The fourth-order valence-electron chi connectivity index (χ4n) is 2.29. The lowest BCUT2D eigenvalue weighted by Gasteiger charge is -2.29. The van der Waals surface area contributed by atoms with Gasteiger partial charge >= 0.3 is 0 Å². The van der Waals surface area contributed by atoms with Crippen LogP contribution in [0.4, 0.5) is 0 Å². The molecular formula is C17H19ClN2O3. The standard InChI is InChI=1S/C17H19ClN2O3/c1-17(11-21,9-12-3-5-13(18)6-4-12)19-16(23)14-10-20(2)8-7-15(14)22/h3-8,10,21H,9,11H2,1-2H3,(H,19,23). The Labute approximate surface area is 139 Å². The molecule has 0 radical (unpaired) electrons. The molecule has 2 aromatic rings. The highest BCUT2D eigenvalue weighted by atomic mass is 35.5. The van der Waals surface area contributed by atoms with Gasteiger partial charge in [-0.25, -0.2) is 0 Å². The number of aliphatic hydroxyl groups is 1. The van der Waals surface area contributed by atoms with Crippen molar-refractivity contribution < 1.29 is 9.90 Å². The van der Waals surface area contributed by atoms with Gasteiger partial charge in [0, 0.05) is 30.5 Å². The van der Waals surface area contributed by atoms with Crippen molar-refractivity contribution in [1.82, 2.24) is 9.88 Å². The van der Waals surface area contributed by atoms with Crippen molar-refractivity contribution in [3.8, 4) is 0 Å². The van der Waals surface area contributed by atoms with E-state index < -0.39 is 11.4 Å². The van der Waals surface area contributed by atoms with E-state index in [4.69, 9.17) is 11.6 Å². The lowest BCUT2D eigenvalue weighted by Crippen LogP contribution is -2.51. The SMILES string of the molecule is Cn1ccc(=O)c(C(=O)NC(C)(CO)Cc2ccc(Cl)cc2)c1. The average Bonchev–Trinajstić information content (AvgIpc) is 2.52. The van der Waals surface area contributed by atoms with E-state index in [1.807, 2.05) is 12.1 Å². The Morgan fingerprint density at radius 1 is 1.30 bits per heavy atom. The monoisotopic (exact) mass is 334 g/mol. The van der Waals surface area contributed by atoms with Gasteiger partial charge in [-0.3, -0.25) is 9.59 Å². The van der Waals surface area contributed by atoms with Crippen molar-refractivity contribution >= 4 is 17.5 Å². The summed E-state index contributed by atoms with van der Waals surface area (Å²) in [7, 11) is 1.73. The molecule has 122 valence electrons. The topological polar surface area (TPSA) is 71.3 Å². The molecule has 0 spiro atoms. The van der Waals surface area contributed by atoms with Crippen LogP contribution in [-0.4, -0.2) is 27.7 Å². The average molecular weight is 335 g/mol. The number of rotatable bonds is 5. The molecule has 23 heavy (non-hydrogen) atoms. The van der Waals surface area contributed by atoms with Gasteiger partial charge in [0.05, 0.1) is 12.1 Å². The van der Waals surface area contributed by atoms with Gasteiger partial charge < -0.3 is 15.0 Å². The normalized spacial score (nSPS) is 13.4. The Kier molecular flexibility index (Phi) is 5.23. The Bertz CT molecular complexity index is 755. The summed E-state index contributed by atoms with van der Waals surface area (Å²) >= 11 is 5.86. The lowest BCUT2D eigenvalue weighted by atomic mass is 9.93. The zero-order valence-electron chi connectivity index (χ0n) is 13.0. The van der Waals surface area contributed by atoms with Crippen molar-refractivity contribution in [1.29, 1.82) is 0 Å². The number of carbonyl (C=O) groups excluding carboxylic acids is 1. The summed E-state index contributed by atoms with van der Waals surface area (Å²) in [6.07, 6.45) is 3.47. The molecule has 0 aliphatic carbocycles. The third-order valence-electron chi connectivity index (χ3n) is 3.58. The fraction of sp³-hybridized carbons (Fsp3) is 0.294. The molecule has 1 atom stereocenters. The first-order valence-corrected chi connectivity index (χ1v) is 7.55. The number of aromatic nitrogens is 1. The van der Waals surface area contributed by atoms with Crippen molar-refractivity contribution in [3.05, 3.63) is 69.1 Å². The largest absolute Gasteiger partial charge is 0.394 e. The van der Waals surface area contributed by atoms with Crippen LogP contribution in [0.2, 0.25) is 5.02 Å². The van der Waals surface area contributed by atoms with Crippen LogP contribution in [0.15, 0.2) is 47.5 Å². The molecule has 5 nitrogen and oxygen atoms in total. The van der Waals surface area contributed by atoms with Gasteiger partial charge in [0.15, 0.2) is 5.43 Å². The van der Waals surface area contributed by atoms with Crippen LogP contribution < -0.4 is 10.7 Å². The highest BCUT2D eigenvalue weighted by molar-refractivity contribution is 6.30. The van der Waals surface area contributed by atoms with Gasteiger partial charge in [-0.15, -0.1) is 0 Å². The number of hydrogen-bond donors (Lipinski definition) is 2. The molecule has 1 unspecified atom stereocenters. The summed E-state index contributed by atoms with van der Waals surface area (Å²) in [5, 5.41) is 13.1. The Hall–Kier alpha value is -2.11. The summed E-state index contributed by atoms with van der Waals surface area (Å²) in [6.45, 7) is 1.47. The van der Waals surface area contributed by atoms with Gasteiger partial charge in [-0.2, -0.15) is 0 Å². The molecule has 0 saturated heterocycles. The molecule has 0 bridgehead atoms. The predicted molar refractivity (Wildman–Crippen MR) is 89.8 cm³/mol. The zero-order valence-corrected chi connectivity index (χ0v) is 13.8. The number of amides is 1. The highest BCUT2D eigenvalue weighted by Crippen LogP contribution is 2.16. The van der Waals surface area contributed by atoms with Crippen LogP contribution in [-0.2, 0) is 13.5 Å². The molecular weight excluding hydrogens is 316 g/mol. The van der Waals surface area contributed by atoms with Gasteiger partial charge in [0.1, 0.15) is 5.56 Å². The number of carbonyl (C=O) groups is 1. The minimum absolute atomic E-state index is 0.0470. The van der Waals surface area contributed by atoms with Crippen LogP contribution >= 0.6 is 11.6 Å². The van der Waals surface area contributed by atoms with E-state index in [9.17, 15) is 14.7 Å². The first-order valence-electron chi connectivity index (χ1n) is 7.17. The minimum Gasteiger partial charge on any atom is -0.394 e. The van der Waals surface area contributed by atoms with Gasteiger partial charge in [-0.1, -0.05) is 23.7 Å². The summed E-state index contributed by atoms with van der Waals surface area (Å²) in [4.78, 5) is 24.2. The van der Waals surface area contributed by atoms with Crippen molar-refractivity contribution in [2.75, 3.05) is 6.61 Å². The molecule has 1 heterocycles. The van der Waals surface area contributed by atoms with Crippen LogP contribution in [0.1, 0.15) is 22.8 Å². The minimum atomic E-state index is -0.883. The molecule has 0 aliphatic rings. The van der Waals surface area contributed by atoms with Crippen molar-refractivity contribution in [2.24, 2.45) is 7.05 Å². The van der Waals surface area contributed by atoms with E-state index in [0.29, 0.717) is 11.4 Å². The predicted octanol–water partition coefficient (Wildman–Crippen LogP) is 1.76. The Morgan fingerprint density at radius 3 is 2.57 bits per heavy atom. The molecule has 2 rings (SSSR count). The Morgan fingerprint density at radius 2 is 1.96 bits per heavy atom. The van der Waals surface area contributed by atoms with Crippen molar-refractivity contribution in [3.63, 3.8) is 0 Å². The second-order valence-corrected chi connectivity index (χ2v) is 6.30. The van der Waals surface area contributed by atoms with E-state index >= 15 is 0 Å². The molecule has 0 fully saturated rings. The molecule has 0 saturated carbocycles. The maximum absolute atomic E-state index is 12.4. The summed E-state index contributed by atoms with van der Waals surface area (Å²) in [6, 6.07) is 8.52. The maximum Gasteiger partial charge on any atom is 0.257 e. The third-order valence-corrected chi connectivity index (χ3v) is 3.83. The number of halogens is 1. The molecule has 6 heteroatoms. The van der Waals surface area contributed by atoms with Gasteiger partial charge in [-0.05, 0) is 31.0 Å². The number of hydrogen-bond acceptors (Lipinski definition) is 3. The van der Waals surface area contributed by atoms with E-state index in [0.717, 1.165) is 5.56 Å². The first-order chi connectivity index (χ1) is 10.8. The number of aliphatic hydroxyl groups excluding tert-OH is 1. The van der Waals surface area contributed by atoms with E-state index in [1.165, 1.54) is 12.3 Å². The second kappa shape index (κ2) is 6.98. The van der Waals surface area contributed by atoms with E-state index in [-0.39, 0.29) is 17.6 Å². The lowest BCUT2D eigenvalue weighted by molar-refractivity contribution is 0.0850. The van der Waals surface area contributed by atoms with Crippen LogP contribution in [0.25, 0.3) is 0 Å². The van der Waals surface area contributed by atoms with Crippen molar-refractivity contribution in [2.45, 2.75) is 18.9 Å². The Balaban J connectivity index is 2.19. The maximum atomic E-state index is 12.4. The van der Waals surface area contributed by atoms with Crippen LogP contribution in [0.5, 0.6) is 0 Å². The number of nitrogens with zero attached hydrogens (tertiary/aromatic N) is 1. The molecule has 2 N–H and O–H groups in total. The molecule has 1 aromatic heterocycles.